The van der Waals surface area contributed by atoms with E-state index in [1.807, 2.05) is 7.05 Å². The monoisotopic (exact) mass is 199 g/mol. The fraction of sp³-hybridized carbons (Fsp3) is 0.556. The maximum absolute atomic E-state index is 5.77. The summed E-state index contributed by atoms with van der Waals surface area (Å²) in [6.45, 7) is 3.46. The number of hydrogen-bond acceptors (Lipinski definition) is 4. The molecule has 1 heterocycles. The van der Waals surface area contributed by atoms with E-state index in [1.54, 1.807) is 11.3 Å². The first-order valence-corrected chi connectivity index (χ1v) is 5.24. The summed E-state index contributed by atoms with van der Waals surface area (Å²) in [5.74, 6) is 0. The van der Waals surface area contributed by atoms with Gasteiger partial charge in [-0.25, -0.2) is 0 Å². The van der Waals surface area contributed by atoms with Crippen LogP contribution in [0.2, 0.25) is 0 Å². The third-order valence-corrected chi connectivity index (χ3v) is 3.12. The first-order valence-electron chi connectivity index (χ1n) is 4.36. The lowest BCUT2D eigenvalue weighted by Crippen LogP contribution is -2.40. The van der Waals surface area contributed by atoms with Crippen LogP contribution in [0.15, 0.2) is 11.4 Å². The van der Waals surface area contributed by atoms with Gasteiger partial charge in [-0.2, -0.15) is 0 Å². The van der Waals surface area contributed by atoms with E-state index in [2.05, 4.69) is 23.3 Å². The molecule has 0 aliphatic rings. The molecule has 0 aromatic carbocycles. The Bertz CT molecular complexity index is 259. The number of thiophene rings is 1. The van der Waals surface area contributed by atoms with Gasteiger partial charge in [0.1, 0.15) is 0 Å². The maximum atomic E-state index is 5.77. The summed E-state index contributed by atoms with van der Waals surface area (Å²) < 4.78 is 0. The second kappa shape index (κ2) is 4.60. The number of nitrogens with two attached hydrogens (primary N) is 2. The fourth-order valence-corrected chi connectivity index (χ4v) is 2.17. The van der Waals surface area contributed by atoms with Crippen LogP contribution in [0, 0.1) is 6.92 Å². The van der Waals surface area contributed by atoms with Gasteiger partial charge >= 0.3 is 0 Å². The van der Waals surface area contributed by atoms with E-state index in [0.717, 1.165) is 6.54 Å². The zero-order valence-electron chi connectivity index (χ0n) is 8.16. The highest BCUT2D eigenvalue weighted by Crippen LogP contribution is 2.25. The summed E-state index contributed by atoms with van der Waals surface area (Å²) >= 11 is 1.74. The SMILES string of the molecule is Cc1ccsc1N(C)CC(N)CN. The zero-order valence-corrected chi connectivity index (χ0v) is 8.97. The molecule has 1 aromatic heterocycles. The molecule has 4 N–H and O–H groups in total. The Balaban J connectivity index is 2.58. The van der Waals surface area contributed by atoms with Crippen LogP contribution in [0.4, 0.5) is 5.00 Å². The Labute approximate surface area is 83.3 Å². The highest BCUT2D eigenvalue weighted by molar-refractivity contribution is 7.14. The smallest absolute Gasteiger partial charge is 0.0936 e. The van der Waals surface area contributed by atoms with Crippen LogP contribution >= 0.6 is 11.3 Å². The molecule has 0 aliphatic carbocycles. The Morgan fingerprint density at radius 2 is 2.31 bits per heavy atom. The normalized spacial score (nSPS) is 12.9. The Kier molecular flexibility index (Phi) is 3.71. The molecular formula is C9H17N3S. The van der Waals surface area contributed by atoms with E-state index in [9.17, 15) is 0 Å². The van der Waals surface area contributed by atoms with Gasteiger partial charge in [-0.3, -0.25) is 0 Å². The lowest BCUT2D eigenvalue weighted by Gasteiger charge is -2.21. The topological polar surface area (TPSA) is 55.3 Å². The molecule has 13 heavy (non-hydrogen) atoms. The van der Waals surface area contributed by atoms with E-state index in [0.29, 0.717) is 6.54 Å². The van der Waals surface area contributed by atoms with E-state index in [4.69, 9.17) is 11.5 Å². The van der Waals surface area contributed by atoms with Crippen molar-refractivity contribution in [2.75, 3.05) is 25.0 Å². The molecule has 0 bridgehead atoms. The van der Waals surface area contributed by atoms with Crippen LogP contribution in [-0.2, 0) is 0 Å². The molecule has 1 rings (SSSR count). The molecule has 74 valence electrons. The van der Waals surface area contributed by atoms with Crippen LogP contribution in [0.1, 0.15) is 5.56 Å². The van der Waals surface area contributed by atoms with Crippen molar-refractivity contribution in [3.8, 4) is 0 Å². The third-order valence-electron chi connectivity index (χ3n) is 1.99. The van der Waals surface area contributed by atoms with Crippen molar-refractivity contribution in [3.05, 3.63) is 17.0 Å². The van der Waals surface area contributed by atoms with Crippen molar-refractivity contribution in [3.63, 3.8) is 0 Å². The molecule has 1 atom stereocenters. The van der Waals surface area contributed by atoms with E-state index in [1.165, 1.54) is 10.6 Å². The van der Waals surface area contributed by atoms with Crippen LogP contribution in [0.5, 0.6) is 0 Å². The number of nitrogens with zero attached hydrogens (tertiary/aromatic N) is 1. The molecule has 0 radical (unpaired) electrons. The molecule has 0 saturated heterocycles. The van der Waals surface area contributed by atoms with Gasteiger partial charge < -0.3 is 16.4 Å². The predicted molar refractivity (Wildman–Crippen MR) is 59.4 cm³/mol. The third kappa shape index (κ3) is 2.69. The molecule has 0 spiro atoms. The van der Waals surface area contributed by atoms with Crippen LogP contribution in [0.25, 0.3) is 0 Å². The number of rotatable bonds is 4. The summed E-state index contributed by atoms with van der Waals surface area (Å²) in [5.41, 5.74) is 12.5. The highest BCUT2D eigenvalue weighted by atomic mass is 32.1. The van der Waals surface area contributed by atoms with Gasteiger partial charge in [-0.1, -0.05) is 0 Å². The molecule has 0 amide bonds. The van der Waals surface area contributed by atoms with Gasteiger partial charge in [0.15, 0.2) is 0 Å². The molecule has 4 heteroatoms. The second-order valence-corrected chi connectivity index (χ2v) is 4.18. The number of anilines is 1. The van der Waals surface area contributed by atoms with Crippen LogP contribution < -0.4 is 16.4 Å². The van der Waals surface area contributed by atoms with Crippen molar-refractivity contribution in [2.24, 2.45) is 11.5 Å². The molecule has 1 aromatic rings. The van der Waals surface area contributed by atoms with Crippen molar-refractivity contribution < 1.29 is 0 Å². The number of likely N-dealkylation sites (N-methyl/N-ethyl adjacent to an activating group) is 1. The van der Waals surface area contributed by atoms with E-state index < -0.39 is 0 Å². The first-order chi connectivity index (χ1) is 6.15. The zero-order chi connectivity index (χ0) is 9.84. The van der Waals surface area contributed by atoms with Gasteiger partial charge in [-0.15, -0.1) is 11.3 Å². The lowest BCUT2D eigenvalue weighted by atomic mass is 10.3. The van der Waals surface area contributed by atoms with Crippen molar-refractivity contribution in [2.45, 2.75) is 13.0 Å². The molecule has 0 aliphatic heterocycles. The summed E-state index contributed by atoms with van der Waals surface area (Å²) in [7, 11) is 2.05. The molecule has 3 nitrogen and oxygen atoms in total. The predicted octanol–water partition coefficient (Wildman–Crippen LogP) is 0.779. The van der Waals surface area contributed by atoms with Gasteiger partial charge in [0.25, 0.3) is 0 Å². The summed E-state index contributed by atoms with van der Waals surface area (Å²) in [6, 6.07) is 2.18. The standard InChI is InChI=1S/C9H17N3S/c1-7-3-4-13-9(7)12(2)6-8(11)5-10/h3-4,8H,5-6,10-11H2,1-2H3. The molecular weight excluding hydrogens is 182 g/mol. The van der Waals surface area contributed by atoms with Crippen molar-refractivity contribution >= 4 is 16.3 Å². The summed E-state index contributed by atoms with van der Waals surface area (Å²) in [6.07, 6.45) is 0. The van der Waals surface area contributed by atoms with Crippen molar-refractivity contribution in [1.29, 1.82) is 0 Å². The van der Waals surface area contributed by atoms with Crippen LogP contribution in [-0.4, -0.2) is 26.2 Å². The minimum atomic E-state index is 0.0616. The quantitative estimate of drug-likeness (QED) is 0.753. The average molecular weight is 199 g/mol. The van der Waals surface area contributed by atoms with E-state index >= 15 is 0 Å². The fourth-order valence-electron chi connectivity index (χ4n) is 1.27. The molecule has 1 unspecified atom stereocenters. The van der Waals surface area contributed by atoms with Gasteiger partial charge in [-0.05, 0) is 23.9 Å². The van der Waals surface area contributed by atoms with E-state index in [-0.39, 0.29) is 6.04 Å². The Morgan fingerprint density at radius 3 is 2.77 bits per heavy atom. The maximum Gasteiger partial charge on any atom is 0.0936 e. The average Bonchev–Trinajstić information content (AvgIpc) is 2.51. The second-order valence-electron chi connectivity index (χ2n) is 3.29. The van der Waals surface area contributed by atoms with Crippen molar-refractivity contribution in [1.82, 2.24) is 0 Å². The minimum Gasteiger partial charge on any atom is -0.365 e. The van der Waals surface area contributed by atoms with Gasteiger partial charge in [0.05, 0.1) is 5.00 Å². The molecule has 0 fully saturated rings. The largest absolute Gasteiger partial charge is 0.365 e. The van der Waals surface area contributed by atoms with Crippen LogP contribution in [0.3, 0.4) is 0 Å². The Hall–Kier alpha value is -0.580. The lowest BCUT2D eigenvalue weighted by molar-refractivity contribution is 0.669. The first kappa shape index (κ1) is 10.5. The molecule has 0 saturated carbocycles. The number of aryl methyl sites for hydroxylation is 1. The van der Waals surface area contributed by atoms with Gasteiger partial charge in [0, 0.05) is 26.2 Å². The number of hydrogen-bond donors (Lipinski definition) is 2. The Morgan fingerprint density at radius 1 is 1.62 bits per heavy atom. The minimum absolute atomic E-state index is 0.0616. The van der Waals surface area contributed by atoms with Gasteiger partial charge in [0.2, 0.25) is 0 Å². The summed E-state index contributed by atoms with van der Waals surface area (Å²) in [5, 5.41) is 3.37. The highest BCUT2D eigenvalue weighted by Gasteiger charge is 2.08. The summed E-state index contributed by atoms with van der Waals surface area (Å²) in [4.78, 5) is 2.16.